The van der Waals surface area contributed by atoms with Crippen molar-refractivity contribution in [3.8, 4) is 6.07 Å². The van der Waals surface area contributed by atoms with Crippen LogP contribution in [0.15, 0.2) is 35.4 Å². The van der Waals surface area contributed by atoms with Crippen LogP contribution in [0.1, 0.15) is 19.4 Å². The molecule has 0 radical (unpaired) electrons. The highest BCUT2D eigenvalue weighted by Crippen LogP contribution is 2.19. The average Bonchev–Trinajstić information content (AvgIpc) is 2.46. The van der Waals surface area contributed by atoms with Gasteiger partial charge in [0.25, 0.3) is 0 Å². The lowest BCUT2D eigenvalue weighted by Gasteiger charge is -2.34. The summed E-state index contributed by atoms with van der Waals surface area (Å²) in [6.45, 7) is 4.97. The van der Waals surface area contributed by atoms with E-state index >= 15 is 0 Å². The molecule has 5 nitrogen and oxygen atoms in total. The maximum atomic E-state index is 12.5. The van der Waals surface area contributed by atoms with Crippen molar-refractivity contribution in [1.29, 1.82) is 5.26 Å². The topological polar surface area (TPSA) is 70.4 Å². The summed E-state index contributed by atoms with van der Waals surface area (Å²) in [5.74, 6) is -0.223. The van der Waals surface area contributed by atoms with Crippen molar-refractivity contribution in [3.63, 3.8) is 0 Å². The molecule has 0 unspecified atom stereocenters. The van der Waals surface area contributed by atoms with Gasteiger partial charge in [-0.1, -0.05) is 23.7 Å². The van der Waals surface area contributed by atoms with E-state index in [1.54, 1.807) is 24.3 Å². The molecule has 1 aliphatic heterocycles. The van der Waals surface area contributed by atoms with E-state index in [1.807, 2.05) is 24.8 Å². The summed E-state index contributed by atoms with van der Waals surface area (Å²) in [6.07, 6.45) is 1.42. The highest BCUT2D eigenvalue weighted by atomic mass is 35.5. The van der Waals surface area contributed by atoms with Crippen LogP contribution in [0.2, 0.25) is 5.02 Å². The standard InChI is InChI=1S/C16H19ClN2O3S/c1-12-8-19(9-13(2)22-12)10-16(7-18)23(20,21)11-14-3-5-15(17)6-4-14/h3-6,10,12-13H,8-9,11H2,1-2H3/b16-10+/t12-,13-/m1/s1. The predicted octanol–water partition coefficient (Wildman–Crippen LogP) is 2.73. The Labute approximate surface area is 142 Å². The van der Waals surface area contributed by atoms with E-state index in [0.717, 1.165) is 0 Å². The molecule has 0 aromatic heterocycles. The van der Waals surface area contributed by atoms with Crippen LogP contribution in [-0.4, -0.2) is 38.6 Å². The summed E-state index contributed by atoms with van der Waals surface area (Å²) in [4.78, 5) is 1.60. The van der Waals surface area contributed by atoms with E-state index < -0.39 is 9.84 Å². The van der Waals surface area contributed by atoms with Gasteiger partial charge >= 0.3 is 0 Å². The number of nitrogens with zero attached hydrogens (tertiary/aromatic N) is 2. The zero-order valence-electron chi connectivity index (χ0n) is 13.1. The molecular weight excluding hydrogens is 336 g/mol. The molecule has 0 amide bonds. The van der Waals surface area contributed by atoms with Crippen LogP contribution in [-0.2, 0) is 20.3 Å². The van der Waals surface area contributed by atoms with Gasteiger partial charge in [0, 0.05) is 24.3 Å². The van der Waals surface area contributed by atoms with Crippen LogP contribution in [0.3, 0.4) is 0 Å². The molecule has 0 spiro atoms. The van der Waals surface area contributed by atoms with Crippen LogP contribution < -0.4 is 0 Å². The van der Waals surface area contributed by atoms with Crippen molar-refractivity contribution in [2.75, 3.05) is 13.1 Å². The number of halogens is 1. The van der Waals surface area contributed by atoms with Gasteiger partial charge in [0.15, 0.2) is 14.7 Å². The number of benzene rings is 1. The number of hydrogen-bond acceptors (Lipinski definition) is 5. The Morgan fingerprint density at radius 2 is 1.91 bits per heavy atom. The first-order chi connectivity index (χ1) is 10.8. The van der Waals surface area contributed by atoms with Crippen molar-refractivity contribution in [2.24, 2.45) is 0 Å². The summed E-state index contributed by atoms with van der Waals surface area (Å²) in [5.41, 5.74) is 0.597. The van der Waals surface area contributed by atoms with Crippen molar-refractivity contribution >= 4 is 21.4 Å². The number of rotatable bonds is 4. The zero-order valence-corrected chi connectivity index (χ0v) is 14.6. The lowest BCUT2D eigenvalue weighted by Crippen LogP contribution is -2.42. The Kier molecular flexibility index (Phi) is 5.69. The molecule has 0 aliphatic carbocycles. The Hall–Kier alpha value is -1.55. The van der Waals surface area contributed by atoms with Crippen molar-refractivity contribution in [1.82, 2.24) is 4.90 Å². The lowest BCUT2D eigenvalue weighted by molar-refractivity contribution is -0.0541. The van der Waals surface area contributed by atoms with Crippen LogP contribution in [0.25, 0.3) is 0 Å². The average molecular weight is 355 g/mol. The van der Waals surface area contributed by atoms with Crippen LogP contribution in [0.4, 0.5) is 0 Å². The molecule has 2 rings (SSSR count). The molecule has 1 aromatic rings. The zero-order chi connectivity index (χ0) is 17.0. The van der Waals surface area contributed by atoms with E-state index in [2.05, 4.69) is 0 Å². The monoisotopic (exact) mass is 354 g/mol. The maximum absolute atomic E-state index is 12.5. The Bertz CT molecular complexity index is 713. The van der Waals surface area contributed by atoms with Gasteiger partial charge in [-0.3, -0.25) is 0 Å². The van der Waals surface area contributed by atoms with Crippen molar-refractivity contribution in [3.05, 3.63) is 46.0 Å². The minimum absolute atomic E-state index is 0.00564. The SMILES string of the molecule is C[C@@H]1CN(/C=C(\C#N)S(=O)(=O)Cc2ccc(Cl)cc2)C[C@@H](C)O1. The largest absolute Gasteiger partial charge is 0.372 e. The predicted molar refractivity (Wildman–Crippen MR) is 89.4 cm³/mol. The third-order valence-corrected chi connectivity index (χ3v) is 5.30. The number of allylic oxidation sites excluding steroid dienone is 1. The molecule has 2 atom stereocenters. The minimum atomic E-state index is -3.70. The fraction of sp³-hybridized carbons (Fsp3) is 0.438. The quantitative estimate of drug-likeness (QED) is 0.777. The summed E-state index contributed by atoms with van der Waals surface area (Å²) < 4.78 is 30.6. The number of morpholine rings is 1. The van der Waals surface area contributed by atoms with E-state index in [0.29, 0.717) is 23.7 Å². The van der Waals surface area contributed by atoms with E-state index in [9.17, 15) is 13.7 Å². The molecule has 1 saturated heterocycles. The van der Waals surface area contributed by atoms with Gasteiger partial charge in [-0.15, -0.1) is 0 Å². The van der Waals surface area contributed by atoms with Crippen LogP contribution in [0.5, 0.6) is 0 Å². The van der Waals surface area contributed by atoms with E-state index in [1.165, 1.54) is 6.20 Å². The van der Waals surface area contributed by atoms with E-state index in [4.69, 9.17) is 16.3 Å². The lowest BCUT2D eigenvalue weighted by atomic mass is 10.2. The molecule has 0 saturated carbocycles. The Morgan fingerprint density at radius 1 is 1.35 bits per heavy atom. The molecule has 1 fully saturated rings. The number of ether oxygens (including phenoxy) is 1. The minimum Gasteiger partial charge on any atom is -0.372 e. The second-order valence-electron chi connectivity index (χ2n) is 5.70. The normalized spacial score (nSPS) is 22.7. The fourth-order valence-electron chi connectivity index (χ4n) is 2.55. The molecule has 1 aromatic carbocycles. The molecule has 1 aliphatic rings. The first-order valence-corrected chi connectivity index (χ1v) is 9.32. The van der Waals surface area contributed by atoms with Crippen LogP contribution in [0, 0.1) is 11.3 Å². The third-order valence-electron chi connectivity index (χ3n) is 3.46. The van der Waals surface area contributed by atoms with Crippen molar-refractivity contribution in [2.45, 2.75) is 31.8 Å². The number of hydrogen-bond donors (Lipinski definition) is 0. The summed E-state index contributed by atoms with van der Waals surface area (Å²) in [7, 11) is -3.70. The van der Waals surface area contributed by atoms with Crippen molar-refractivity contribution < 1.29 is 13.2 Å². The van der Waals surface area contributed by atoms with Gasteiger partial charge < -0.3 is 9.64 Å². The van der Waals surface area contributed by atoms with Gasteiger partial charge in [0.1, 0.15) is 6.07 Å². The van der Waals surface area contributed by atoms with Gasteiger partial charge in [0.2, 0.25) is 0 Å². The Morgan fingerprint density at radius 3 is 2.43 bits per heavy atom. The molecule has 0 N–H and O–H groups in total. The van der Waals surface area contributed by atoms with Gasteiger partial charge in [-0.05, 0) is 31.5 Å². The summed E-state index contributed by atoms with van der Waals surface area (Å²) >= 11 is 5.80. The molecule has 124 valence electrons. The first-order valence-electron chi connectivity index (χ1n) is 7.29. The number of sulfone groups is 1. The van der Waals surface area contributed by atoms with Crippen LogP contribution >= 0.6 is 11.6 Å². The molecule has 0 bridgehead atoms. The third kappa shape index (κ3) is 4.96. The van der Waals surface area contributed by atoms with Gasteiger partial charge in [-0.2, -0.15) is 5.26 Å². The molecule has 1 heterocycles. The molecule has 23 heavy (non-hydrogen) atoms. The summed E-state index contributed by atoms with van der Waals surface area (Å²) in [6, 6.07) is 8.37. The maximum Gasteiger partial charge on any atom is 0.193 e. The van der Waals surface area contributed by atoms with E-state index in [-0.39, 0.29) is 22.9 Å². The number of nitriles is 1. The molecular formula is C16H19ClN2O3S. The highest BCUT2D eigenvalue weighted by molar-refractivity contribution is 7.94. The highest BCUT2D eigenvalue weighted by Gasteiger charge is 2.24. The fourth-order valence-corrected chi connectivity index (χ4v) is 3.91. The summed E-state index contributed by atoms with van der Waals surface area (Å²) in [5, 5.41) is 9.81. The van der Waals surface area contributed by atoms with Gasteiger partial charge in [-0.25, -0.2) is 8.42 Å². The molecule has 7 heteroatoms. The second-order valence-corrected chi connectivity index (χ2v) is 8.10. The second kappa shape index (κ2) is 7.35. The first kappa shape index (κ1) is 17.8. The smallest absolute Gasteiger partial charge is 0.193 e. The van der Waals surface area contributed by atoms with Gasteiger partial charge in [0.05, 0.1) is 18.0 Å². The Balaban J connectivity index is 2.19.